The Morgan fingerprint density at radius 2 is 1.64 bits per heavy atom. The van der Waals surface area contributed by atoms with Crippen molar-refractivity contribution in [1.29, 1.82) is 0 Å². The quantitative estimate of drug-likeness (QED) is 0.604. The fraction of sp³-hybridized carbons (Fsp3) is 0.316. The van der Waals surface area contributed by atoms with E-state index in [-0.39, 0.29) is 23.2 Å². The summed E-state index contributed by atoms with van der Waals surface area (Å²) in [7, 11) is 0. The average molecular weight is 384 g/mol. The van der Waals surface area contributed by atoms with Crippen molar-refractivity contribution in [3.05, 3.63) is 74.3 Å². The molecule has 0 saturated carbocycles. The van der Waals surface area contributed by atoms with Crippen LogP contribution in [0.5, 0.6) is 0 Å². The molecule has 2 aromatic carbocycles. The van der Waals surface area contributed by atoms with E-state index in [1.165, 1.54) is 18.2 Å². The predicted octanol–water partition coefficient (Wildman–Crippen LogP) is 3.04. The Morgan fingerprint density at radius 3 is 2.25 bits per heavy atom. The van der Waals surface area contributed by atoms with E-state index in [4.69, 9.17) is 0 Å². The molecule has 146 valence electrons. The highest BCUT2D eigenvalue weighted by molar-refractivity contribution is 5.79. The second-order valence-electron chi connectivity index (χ2n) is 6.65. The van der Waals surface area contributed by atoms with Crippen LogP contribution in [0.25, 0.3) is 0 Å². The average Bonchev–Trinajstić information content (AvgIpc) is 2.72. The van der Waals surface area contributed by atoms with Crippen molar-refractivity contribution in [1.82, 2.24) is 5.32 Å². The molecule has 1 saturated heterocycles. The number of nitrogens with zero attached hydrogens (tertiary/aromatic N) is 3. The molecule has 0 aliphatic carbocycles. The lowest BCUT2D eigenvalue weighted by Gasteiger charge is -2.32. The van der Waals surface area contributed by atoms with Gasteiger partial charge >= 0.3 is 0 Å². The van der Waals surface area contributed by atoms with Crippen LogP contribution in [0.4, 0.5) is 17.1 Å². The molecule has 0 radical (unpaired) electrons. The Bertz CT molecular complexity index is 876. The molecule has 0 bridgehead atoms. The van der Waals surface area contributed by atoms with E-state index in [2.05, 4.69) is 5.32 Å². The zero-order chi connectivity index (χ0) is 20.1. The highest BCUT2D eigenvalue weighted by Crippen LogP contribution is 2.31. The topological polar surface area (TPSA) is 119 Å². The van der Waals surface area contributed by atoms with Gasteiger partial charge in [-0.25, -0.2) is 0 Å². The number of anilines is 1. The lowest BCUT2D eigenvalue weighted by atomic mass is 9.95. The lowest BCUT2D eigenvalue weighted by Crippen LogP contribution is -2.40. The summed E-state index contributed by atoms with van der Waals surface area (Å²) in [5.74, 6) is -0.224. The molecule has 1 amide bonds. The van der Waals surface area contributed by atoms with Gasteiger partial charge in [-0.2, -0.15) is 0 Å². The van der Waals surface area contributed by atoms with Gasteiger partial charge in [-0.1, -0.05) is 24.3 Å². The van der Waals surface area contributed by atoms with Crippen LogP contribution >= 0.6 is 0 Å². The van der Waals surface area contributed by atoms with Crippen molar-refractivity contribution in [3.63, 3.8) is 0 Å². The summed E-state index contributed by atoms with van der Waals surface area (Å²) >= 11 is 0. The van der Waals surface area contributed by atoms with Gasteiger partial charge in [0.2, 0.25) is 5.91 Å². The number of rotatable bonds is 6. The zero-order valence-electron chi connectivity index (χ0n) is 15.1. The number of hydrogen-bond acceptors (Lipinski definition) is 6. The first-order valence-electron chi connectivity index (χ1n) is 8.95. The number of piperidine rings is 1. The van der Waals surface area contributed by atoms with Crippen LogP contribution in [0.1, 0.15) is 18.4 Å². The van der Waals surface area contributed by atoms with Crippen LogP contribution in [0, 0.1) is 26.1 Å². The molecule has 9 nitrogen and oxygen atoms in total. The first kappa shape index (κ1) is 19.3. The number of hydrogen-bond donors (Lipinski definition) is 1. The molecule has 2 aromatic rings. The number of nitro benzene ring substituents is 2. The molecule has 3 rings (SSSR count). The van der Waals surface area contributed by atoms with E-state index in [0.29, 0.717) is 38.2 Å². The largest absolute Gasteiger partial charge is 0.366 e. The Balaban J connectivity index is 1.53. The molecule has 0 spiro atoms. The summed E-state index contributed by atoms with van der Waals surface area (Å²) in [4.78, 5) is 35.4. The van der Waals surface area contributed by atoms with E-state index in [1.54, 1.807) is 30.3 Å². The van der Waals surface area contributed by atoms with Crippen LogP contribution in [-0.4, -0.2) is 28.8 Å². The van der Waals surface area contributed by atoms with Gasteiger partial charge in [0.15, 0.2) is 0 Å². The van der Waals surface area contributed by atoms with Gasteiger partial charge in [0, 0.05) is 43.8 Å². The first-order chi connectivity index (χ1) is 13.5. The fourth-order valence-electron chi connectivity index (χ4n) is 3.34. The van der Waals surface area contributed by atoms with Crippen molar-refractivity contribution in [2.45, 2.75) is 19.4 Å². The van der Waals surface area contributed by atoms with Crippen molar-refractivity contribution < 1.29 is 14.6 Å². The molecular formula is C19H20N4O5. The third kappa shape index (κ3) is 4.43. The summed E-state index contributed by atoms with van der Waals surface area (Å²) in [5.41, 5.74) is 1.45. The molecule has 1 aliphatic heterocycles. The summed E-state index contributed by atoms with van der Waals surface area (Å²) in [5, 5.41) is 24.7. The predicted molar refractivity (Wildman–Crippen MR) is 103 cm³/mol. The highest BCUT2D eigenvalue weighted by Gasteiger charge is 2.27. The van der Waals surface area contributed by atoms with Crippen molar-refractivity contribution in [2.75, 3.05) is 18.0 Å². The van der Waals surface area contributed by atoms with Crippen molar-refractivity contribution in [3.8, 4) is 0 Å². The minimum atomic E-state index is -0.465. The Morgan fingerprint density at radius 1 is 1.00 bits per heavy atom. The summed E-state index contributed by atoms with van der Waals surface area (Å²) in [6.45, 7) is 1.45. The zero-order valence-corrected chi connectivity index (χ0v) is 15.1. The maximum absolute atomic E-state index is 12.4. The van der Waals surface area contributed by atoms with E-state index in [9.17, 15) is 25.0 Å². The van der Waals surface area contributed by atoms with Crippen LogP contribution < -0.4 is 10.2 Å². The Labute approximate surface area is 161 Å². The molecule has 1 N–H and O–H groups in total. The SMILES string of the molecule is O=C(NCc1ccc([N+](=O)[O-])cc1)C1CCN(c2ccccc2[N+](=O)[O-])CC1. The van der Waals surface area contributed by atoms with E-state index >= 15 is 0 Å². The maximum Gasteiger partial charge on any atom is 0.292 e. The van der Waals surface area contributed by atoms with Crippen molar-refractivity contribution in [2.24, 2.45) is 5.92 Å². The number of carbonyl (C=O) groups is 1. The standard InChI is InChI=1S/C19H20N4O5/c24-19(20-13-14-5-7-16(8-6-14)22(25)26)15-9-11-21(12-10-15)17-3-1-2-4-18(17)23(27)28/h1-8,15H,9-13H2,(H,20,24). The molecule has 0 atom stereocenters. The Kier molecular flexibility index (Phi) is 5.83. The van der Waals surface area contributed by atoms with Crippen LogP contribution in [-0.2, 0) is 11.3 Å². The lowest BCUT2D eigenvalue weighted by molar-refractivity contribution is -0.384. The van der Waals surface area contributed by atoms with Crippen LogP contribution in [0.2, 0.25) is 0 Å². The molecule has 9 heteroatoms. The molecule has 28 heavy (non-hydrogen) atoms. The maximum atomic E-state index is 12.4. The number of nitrogens with one attached hydrogen (secondary N) is 1. The minimum Gasteiger partial charge on any atom is -0.366 e. The number of nitro groups is 2. The minimum absolute atomic E-state index is 0.0115. The van der Waals surface area contributed by atoms with Gasteiger partial charge in [-0.15, -0.1) is 0 Å². The van der Waals surface area contributed by atoms with Gasteiger partial charge in [-0.3, -0.25) is 25.0 Å². The molecule has 0 aromatic heterocycles. The van der Waals surface area contributed by atoms with Gasteiger partial charge in [0.05, 0.1) is 9.85 Å². The molecule has 1 fully saturated rings. The normalized spacial score (nSPS) is 14.5. The highest BCUT2D eigenvalue weighted by atomic mass is 16.6. The number of benzene rings is 2. The smallest absolute Gasteiger partial charge is 0.292 e. The van der Waals surface area contributed by atoms with E-state index in [1.807, 2.05) is 4.90 Å². The monoisotopic (exact) mass is 384 g/mol. The second-order valence-corrected chi connectivity index (χ2v) is 6.65. The number of amides is 1. The second kappa shape index (κ2) is 8.47. The van der Waals surface area contributed by atoms with E-state index in [0.717, 1.165) is 5.56 Å². The number of carbonyl (C=O) groups excluding carboxylic acids is 1. The van der Waals surface area contributed by atoms with Crippen LogP contribution in [0.15, 0.2) is 48.5 Å². The summed E-state index contributed by atoms with van der Waals surface area (Å²) in [6, 6.07) is 12.7. The fourth-order valence-corrected chi connectivity index (χ4v) is 3.34. The Hall–Kier alpha value is -3.49. The molecule has 1 heterocycles. The van der Waals surface area contributed by atoms with Gasteiger partial charge in [-0.05, 0) is 24.5 Å². The number of non-ortho nitro benzene ring substituents is 1. The third-order valence-corrected chi connectivity index (χ3v) is 4.90. The first-order valence-corrected chi connectivity index (χ1v) is 8.95. The van der Waals surface area contributed by atoms with Gasteiger partial charge in [0.25, 0.3) is 11.4 Å². The number of para-hydroxylation sites is 2. The van der Waals surface area contributed by atoms with Gasteiger partial charge < -0.3 is 10.2 Å². The summed E-state index contributed by atoms with van der Waals surface area (Å²) in [6.07, 6.45) is 1.22. The molecule has 0 unspecified atom stereocenters. The molecule has 1 aliphatic rings. The third-order valence-electron chi connectivity index (χ3n) is 4.90. The molecular weight excluding hydrogens is 364 g/mol. The van der Waals surface area contributed by atoms with Gasteiger partial charge in [0.1, 0.15) is 5.69 Å². The van der Waals surface area contributed by atoms with Crippen molar-refractivity contribution >= 4 is 23.0 Å². The van der Waals surface area contributed by atoms with Crippen LogP contribution in [0.3, 0.4) is 0 Å². The van der Waals surface area contributed by atoms with E-state index < -0.39 is 9.85 Å². The summed E-state index contributed by atoms with van der Waals surface area (Å²) < 4.78 is 0.